The number of halogens is 1. The number of carbonyl (C=O) groups excluding carboxylic acids is 1. The van der Waals surface area contributed by atoms with E-state index in [9.17, 15) is 9.18 Å². The van der Waals surface area contributed by atoms with Crippen LogP contribution >= 0.6 is 0 Å². The third-order valence-corrected chi connectivity index (χ3v) is 4.23. The Morgan fingerprint density at radius 1 is 1.44 bits per heavy atom. The van der Waals surface area contributed by atoms with Crippen LogP contribution in [0.5, 0.6) is 0 Å². The molecular weight excluding hydrogens is 321 g/mol. The quantitative estimate of drug-likeness (QED) is 0.817. The highest BCUT2D eigenvalue weighted by atomic mass is 19.1. The number of anilines is 2. The molecule has 1 aromatic carbocycles. The number of amides is 1. The van der Waals surface area contributed by atoms with Gasteiger partial charge in [0.1, 0.15) is 5.82 Å². The van der Waals surface area contributed by atoms with Gasteiger partial charge in [-0.1, -0.05) is 6.08 Å². The number of carbonyl (C=O) groups is 1. The van der Waals surface area contributed by atoms with Gasteiger partial charge in [-0.2, -0.15) is 5.10 Å². The standard InChI is InChI=1S/C18H22FN5O/c1-23-11-14(10-21-23)13-3-2-7-24(12-13)8-6-18(25)22-17-9-15(20)4-5-16(17)19/h3-5,9-11H,2,6-8,12,20H2,1H3,(H,22,25). The maximum Gasteiger partial charge on any atom is 0.225 e. The van der Waals surface area contributed by atoms with Crippen molar-refractivity contribution in [2.75, 3.05) is 30.7 Å². The summed E-state index contributed by atoms with van der Waals surface area (Å²) in [7, 11) is 1.89. The van der Waals surface area contributed by atoms with Crippen LogP contribution in [0.15, 0.2) is 36.7 Å². The minimum absolute atomic E-state index is 0.125. The highest BCUT2D eigenvalue weighted by Crippen LogP contribution is 2.21. The van der Waals surface area contributed by atoms with Crippen molar-refractivity contribution in [2.24, 2.45) is 7.05 Å². The molecule has 7 heteroatoms. The first-order valence-corrected chi connectivity index (χ1v) is 8.26. The summed E-state index contributed by atoms with van der Waals surface area (Å²) in [5.74, 6) is -0.704. The van der Waals surface area contributed by atoms with Crippen molar-refractivity contribution in [1.29, 1.82) is 0 Å². The van der Waals surface area contributed by atoms with Gasteiger partial charge in [0.05, 0.1) is 11.9 Å². The van der Waals surface area contributed by atoms with Gasteiger partial charge in [0.25, 0.3) is 0 Å². The number of aryl methyl sites for hydroxylation is 1. The molecule has 0 radical (unpaired) electrons. The van der Waals surface area contributed by atoms with Gasteiger partial charge in [-0.3, -0.25) is 14.4 Å². The predicted molar refractivity (Wildman–Crippen MR) is 96.3 cm³/mol. The Balaban J connectivity index is 1.52. The van der Waals surface area contributed by atoms with Gasteiger partial charge in [-0.25, -0.2) is 4.39 Å². The van der Waals surface area contributed by atoms with Gasteiger partial charge >= 0.3 is 0 Å². The molecule has 1 aliphatic heterocycles. The summed E-state index contributed by atoms with van der Waals surface area (Å²) in [6.07, 6.45) is 7.30. The second-order valence-corrected chi connectivity index (χ2v) is 6.23. The maximum atomic E-state index is 13.7. The lowest BCUT2D eigenvalue weighted by Crippen LogP contribution is -2.32. The lowest BCUT2D eigenvalue weighted by Gasteiger charge is -2.26. The van der Waals surface area contributed by atoms with E-state index in [1.54, 1.807) is 4.68 Å². The smallest absolute Gasteiger partial charge is 0.225 e. The van der Waals surface area contributed by atoms with E-state index in [1.807, 2.05) is 19.4 Å². The van der Waals surface area contributed by atoms with E-state index < -0.39 is 5.82 Å². The molecule has 0 atom stereocenters. The Labute approximate surface area is 146 Å². The van der Waals surface area contributed by atoms with Crippen molar-refractivity contribution in [3.8, 4) is 0 Å². The highest BCUT2D eigenvalue weighted by Gasteiger charge is 2.16. The third kappa shape index (κ3) is 4.45. The summed E-state index contributed by atoms with van der Waals surface area (Å²) in [5, 5.41) is 6.79. The Bertz CT molecular complexity index is 799. The fourth-order valence-corrected chi connectivity index (χ4v) is 2.90. The molecule has 3 N–H and O–H groups in total. The van der Waals surface area contributed by atoms with Crippen LogP contribution in [0.25, 0.3) is 5.57 Å². The van der Waals surface area contributed by atoms with Crippen molar-refractivity contribution >= 4 is 22.9 Å². The second-order valence-electron chi connectivity index (χ2n) is 6.23. The minimum Gasteiger partial charge on any atom is -0.399 e. The molecule has 0 aliphatic carbocycles. The molecule has 1 aromatic heterocycles. The number of nitrogen functional groups attached to an aromatic ring is 1. The molecule has 3 rings (SSSR count). The van der Waals surface area contributed by atoms with E-state index in [0.717, 1.165) is 25.1 Å². The van der Waals surface area contributed by atoms with Gasteiger partial charge in [0.2, 0.25) is 5.91 Å². The fraction of sp³-hybridized carbons (Fsp3) is 0.333. The average Bonchev–Trinajstić information content (AvgIpc) is 3.03. The SMILES string of the molecule is Cn1cc(C2=CCCN(CCC(=O)Nc3cc(N)ccc3F)C2)cn1. The lowest BCUT2D eigenvalue weighted by molar-refractivity contribution is -0.116. The van der Waals surface area contributed by atoms with Gasteiger partial charge in [0.15, 0.2) is 0 Å². The fourth-order valence-electron chi connectivity index (χ4n) is 2.90. The molecular formula is C18H22FN5O. The van der Waals surface area contributed by atoms with Crippen molar-refractivity contribution in [3.05, 3.63) is 48.0 Å². The van der Waals surface area contributed by atoms with Crippen LogP contribution in [0.3, 0.4) is 0 Å². The monoisotopic (exact) mass is 343 g/mol. The average molecular weight is 343 g/mol. The first-order valence-electron chi connectivity index (χ1n) is 8.26. The lowest BCUT2D eigenvalue weighted by atomic mass is 10.0. The summed E-state index contributed by atoms with van der Waals surface area (Å²) < 4.78 is 15.5. The Kier molecular flexibility index (Phi) is 5.14. The van der Waals surface area contributed by atoms with Crippen LogP contribution in [0.1, 0.15) is 18.4 Å². The predicted octanol–water partition coefficient (Wildman–Crippen LogP) is 2.26. The first kappa shape index (κ1) is 17.2. The molecule has 25 heavy (non-hydrogen) atoms. The molecule has 6 nitrogen and oxygen atoms in total. The van der Waals surface area contributed by atoms with Crippen molar-refractivity contribution in [3.63, 3.8) is 0 Å². The Morgan fingerprint density at radius 2 is 2.28 bits per heavy atom. The van der Waals surface area contributed by atoms with Gasteiger partial charge < -0.3 is 11.1 Å². The van der Waals surface area contributed by atoms with E-state index in [2.05, 4.69) is 21.4 Å². The zero-order valence-corrected chi connectivity index (χ0v) is 14.2. The molecule has 0 unspecified atom stereocenters. The van der Waals surface area contributed by atoms with Crippen LogP contribution in [0, 0.1) is 5.82 Å². The van der Waals surface area contributed by atoms with Crippen molar-refractivity contribution < 1.29 is 9.18 Å². The zero-order valence-electron chi connectivity index (χ0n) is 14.2. The molecule has 1 amide bonds. The summed E-state index contributed by atoms with van der Waals surface area (Å²) >= 11 is 0. The maximum absolute atomic E-state index is 13.7. The molecule has 0 fully saturated rings. The Hall–Kier alpha value is -2.67. The zero-order chi connectivity index (χ0) is 17.8. The molecule has 2 heterocycles. The molecule has 2 aromatic rings. The summed E-state index contributed by atoms with van der Waals surface area (Å²) in [5.41, 5.74) is 8.50. The Morgan fingerprint density at radius 3 is 3.04 bits per heavy atom. The summed E-state index contributed by atoms with van der Waals surface area (Å²) in [4.78, 5) is 14.3. The minimum atomic E-state index is -0.484. The number of rotatable bonds is 5. The number of aromatic nitrogens is 2. The molecule has 0 spiro atoms. The topological polar surface area (TPSA) is 76.2 Å². The van der Waals surface area contributed by atoms with Gasteiger partial charge in [-0.15, -0.1) is 0 Å². The normalized spacial score (nSPS) is 15.0. The van der Waals surface area contributed by atoms with Crippen molar-refractivity contribution in [2.45, 2.75) is 12.8 Å². The van der Waals surface area contributed by atoms with Crippen LogP contribution in [-0.2, 0) is 11.8 Å². The van der Waals surface area contributed by atoms with E-state index in [-0.39, 0.29) is 11.6 Å². The van der Waals surface area contributed by atoms with Crippen LogP contribution in [-0.4, -0.2) is 40.2 Å². The van der Waals surface area contributed by atoms with Gasteiger partial charge in [0, 0.05) is 50.6 Å². The van der Waals surface area contributed by atoms with Gasteiger partial charge in [-0.05, 0) is 30.2 Å². The number of nitrogens with two attached hydrogens (primary N) is 1. The van der Waals surface area contributed by atoms with Crippen molar-refractivity contribution in [1.82, 2.24) is 14.7 Å². The molecule has 0 bridgehead atoms. The molecule has 0 saturated heterocycles. The van der Waals surface area contributed by atoms with E-state index in [4.69, 9.17) is 5.73 Å². The number of nitrogens with zero attached hydrogens (tertiary/aromatic N) is 3. The van der Waals surface area contributed by atoms with E-state index in [1.165, 1.54) is 23.8 Å². The van der Waals surface area contributed by atoms with E-state index in [0.29, 0.717) is 18.7 Å². The number of hydrogen-bond donors (Lipinski definition) is 2. The molecule has 132 valence electrons. The second kappa shape index (κ2) is 7.48. The third-order valence-electron chi connectivity index (χ3n) is 4.23. The number of nitrogens with one attached hydrogen (secondary N) is 1. The largest absolute Gasteiger partial charge is 0.399 e. The van der Waals surface area contributed by atoms with E-state index >= 15 is 0 Å². The van der Waals surface area contributed by atoms with Crippen LogP contribution in [0.4, 0.5) is 15.8 Å². The first-order chi connectivity index (χ1) is 12.0. The number of benzene rings is 1. The molecule has 0 saturated carbocycles. The summed E-state index contributed by atoms with van der Waals surface area (Å²) in [6, 6.07) is 4.14. The van der Waals surface area contributed by atoms with Crippen LogP contribution < -0.4 is 11.1 Å². The van der Waals surface area contributed by atoms with Crippen LogP contribution in [0.2, 0.25) is 0 Å². The summed E-state index contributed by atoms with van der Waals surface area (Å²) in [6.45, 7) is 2.31. The number of hydrogen-bond acceptors (Lipinski definition) is 4. The highest BCUT2D eigenvalue weighted by molar-refractivity contribution is 5.91. The molecule has 1 aliphatic rings.